The van der Waals surface area contributed by atoms with Crippen LogP contribution in [-0.4, -0.2) is 37.2 Å². The van der Waals surface area contributed by atoms with E-state index in [9.17, 15) is 14.4 Å². The Morgan fingerprint density at radius 2 is 0.662 bits per heavy atom. The summed E-state index contributed by atoms with van der Waals surface area (Å²) in [6.45, 7) is 6.32. The number of hydrogen-bond acceptors (Lipinski definition) is 6. The molecule has 1 unspecified atom stereocenters. The molecule has 0 aromatic rings. The Bertz CT molecular complexity index is 1400. The molecule has 0 aliphatic carbocycles. The van der Waals surface area contributed by atoms with E-state index >= 15 is 0 Å². The van der Waals surface area contributed by atoms with Crippen molar-refractivity contribution in [1.29, 1.82) is 0 Å². The van der Waals surface area contributed by atoms with E-state index in [0.717, 1.165) is 135 Å². The second-order valence-corrected chi connectivity index (χ2v) is 16.7. The molecule has 366 valence electrons. The average Bonchev–Trinajstić information content (AvgIpc) is 3.30. The molecule has 0 amide bonds. The van der Waals surface area contributed by atoms with E-state index in [4.69, 9.17) is 14.2 Å². The van der Waals surface area contributed by atoms with E-state index in [1.165, 1.54) is 32.1 Å². The van der Waals surface area contributed by atoms with Gasteiger partial charge in [-0.2, -0.15) is 0 Å². The summed E-state index contributed by atoms with van der Waals surface area (Å²) in [7, 11) is 0. The molecule has 6 heteroatoms. The fraction of sp³-hybridized carbons (Fsp3) is 0.610. The lowest BCUT2D eigenvalue weighted by atomic mass is 10.1. The van der Waals surface area contributed by atoms with Crippen LogP contribution < -0.4 is 0 Å². The van der Waals surface area contributed by atoms with E-state index in [1.807, 2.05) is 12.2 Å². The standard InChI is InChI=1S/C59H94O6/c1-4-7-10-13-16-19-22-25-27-28-29-30-32-34-37-40-43-46-49-52-58(61)64-55-56(54-63-57(60)51-48-45-42-39-36-33-24-21-18-15-12-9-6-3)65-59(62)53-50-47-44-41-38-35-31-26-23-20-17-14-11-8-5-2/h7,10,12,15-17,19-21,24-27,29-31,34,37,43,46,56H,4-6,8-9,11,13-14,18,22-23,28,32-33,35-36,38-42,44-45,47-55H2,1-3H3/b10-7-,15-12-,19-16-,20-17-,24-21-,27-25-,30-29-,31-26-,37-34-,46-43-. The largest absolute Gasteiger partial charge is 0.462 e. The molecule has 0 aromatic heterocycles. The highest BCUT2D eigenvalue weighted by atomic mass is 16.6. The van der Waals surface area contributed by atoms with Gasteiger partial charge in [0.15, 0.2) is 6.10 Å². The summed E-state index contributed by atoms with van der Waals surface area (Å²) in [5, 5.41) is 0. The highest BCUT2D eigenvalue weighted by Crippen LogP contribution is 2.12. The predicted molar refractivity (Wildman–Crippen MR) is 279 cm³/mol. The van der Waals surface area contributed by atoms with Crippen LogP contribution in [0.2, 0.25) is 0 Å². The second kappa shape index (κ2) is 52.4. The quantitative estimate of drug-likeness (QED) is 0.0262. The molecule has 6 nitrogen and oxygen atoms in total. The minimum absolute atomic E-state index is 0.118. The summed E-state index contributed by atoms with van der Waals surface area (Å²) in [4.78, 5) is 38.0. The predicted octanol–water partition coefficient (Wildman–Crippen LogP) is 17.3. The summed E-state index contributed by atoms with van der Waals surface area (Å²) in [5.41, 5.74) is 0. The van der Waals surface area contributed by atoms with Gasteiger partial charge in [-0.15, -0.1) is 0 Å². The van der Waals surface area contributed by atoms with Gasteiger partial charge in [-0.1, -0.05) is 200 Å². The lowest BCUT2D eigenvalue weighted by Gasteiger charge is -2.18. The minimum atomic E-state index is -0.825. The zero-order chi connectivity index (χ0) is 47.2. The zero-order valence-electron chi connectivity index (χ0n) is 41.7. The molecule has 0 bridgehead atoms. The first-order chi connectivity index (χ1) is 32.0. The van der Waals surface area contributed by atoms with E-state index in [0.29, 0.717) is 12.8 Å². The Kier molecular flexibility index (Phi) is 49.1. The fourth-order valence-electron chi connectivity index (χ4n) is 6.53. The number of esters is 3. The number of rotatable bonds is 45. The Labute approximate surface area is 399 Å². The lowest BCUT2D eigenvalue weighted by molar-refractivity contribution is -0.166. The van der Waals surface area contributed by atoms with E-state index in [1.54, 1.807) is 0 Å². The van der Waals surface area contributed by atoms with E-state index in [2.05, 4.69) is 130 Å². The molecular weight excluding hydrogens is 805 g/mol. The van der Waals surface area contributed by atoms with Gasteiger partial charge in [0.05, 0.1) is 0 Å². The SMILES string of the molecule is CC/C=C\C/C=C\C/C=C\C/C=C\C/C=C\C/C=C\CCC(=O)OCC(COC(=O)CCCCCCC/C=C\C/C=C\CCC)OC(=O)CCCCCCC/C=C\C/C=C\CCCCC. The molecule has 1 atom stereocenters. The highest BCUT2D eigenvalue weighted by Gasteiger charge is 2.19. The molecular formula is C59H94O6. The van der Waals surface area contributed by atoms with Crippen molar-refractivity contribution >= 4 is 17.9 Å². The maximum absolute atomic E-state index is 12.8. The summed E-state index contributed by atoms with van der Waals surface area (Å²) < 4.78 is 16.7. The molecule has 0 saturated carbocycles. The van der Waals surface area contributed by atoms with Crippen LogP contribution in [-0.2, 0) is 28.6 Å². The van der Waals surface area contributed by atoms with Crippen LogP contribution in [0, 0.1) is 0 Å². The third-order valence-corrected chi connectivity index (χ3v) is 10.4. The van der Waals surface area contributed by atoms with Crippen LogP contribution in [0.15, 0.2) is 122 Å². The molecule has 0 aromatic carbocycles. The van der Waals surface area contributed by atoms with Gasteiger partial charge in [-0.3, -0.25) is 14.4 Å². The van der Waals surface area contributed by atoms with Crippen molar-refractivity contribution in [2.75, 3.05) is 13.2 Å². The van der Waals surface area contributed by atoms with Gasteiger partial charge in [-0.25, -0.2) is 0 Å². The average molecular weight is 899 g/mol. The van der Waals surface area contributed by atoms with Gasteiger partial charge in [0, 0.05) is 19.3 Å². The van der Waals surface area contributed by atoms with Crippen molar-refractivity contribution in [1.82, 2.24) is 0 Å². The summed E-state index contributed by atoms with van der Waals surface area (Å²) in [6.07, 6.45) is 71.9. The molecule has 0 fully saturated rings. The van der Waals surface area contributed by atoms with Gasteiger partial charge < -0.3 is 14.2 Å². The maximum Gasteiger partial charge on any atom is 0.306 e. The van der Waals surface area contributed by atoms with Crippen LogP contribution in [0.1, 0.15) is 213 Å². The van der Waals surface area contributed by atoms with E-state index < -0.39 is 6.10 Å². The number of unbranched alkanes of at least 4 members (excludes halogenated alkanes) is 14. The number of carbonyl (C=O) groups excluding carboxylic acids is 3. The Morgan fingerprint density at radius 1 is 0.323 bits per heavy atom. The number of hydrogen-bond donors (Lipinski definition) is 0. The lowest BCUT2D eigenvalue weighted by Crippen LogP contribution is -2.30. The van der Waals surface area contributed by atoms with Crippen molar-refractivity contribution in [3.05, 3.63) is 122 Å². The van der Waals surface area contributed by atoms with Gasteiger partial charge in [0.1, 0.15) is 13.2 Å². The summed E-state index contributed by atoms with van der Waals surface area (Å²) in [5.74, 6) is -1.04. The summed E-state index contributed by atoms with van der Waals surface area (Å²) in [6, 6.07) is 0. The monoisotopic (exact) mass is 899 g/mol. The first-order valence-electron chi connectivity index (χ1n) is 26.0. The maximum atomic E-state index is 12.8. The van der Waals surface area contributed by atoms with Gasteiger partial charge in [0.2, 0.25) is 0 Å². The Morgan fingerprint density at radius 3 is 1.09 bits per heavy atom. The third kappa shape index (κ3) is 50.7. The zero-order valence-corrected chi connectivity index (χ0v) is 41.7. The normalized spacial score (nSPS) is 13.1. The smallest absolute Gasteiger partial charge is 0.306 e. The van der Waals surface area contributed by atoms with Crippen molar-refractivity contribution in [2.24, 2.45) is 0 Å². The molecule has 0 aliphatic heterocycles. The van der Waals surface area contributed by atoms with Crippen molar-refractivity contribution in [3.63, 3.8) is 0 Å². The second-order valence-electron chi connectivity index (χ2n) is 16.7. The Hall–Kier alpha value is -4.19. The topological polar surface area (TPSA) is 78.9 Å². The Balaban J connectivity index is 4.56. The molecule has 0 heterocycles. The molecule has 0 radical (unpaired) electrons. The molecule has 0 rings (SSSR count). The van der Waals surface area contributed by atoms with Crippen LogP contribution in [0.25, 0.3) is 0 Å². The summed E-state index contributed by atoms with van der Waals surface area (Å²) >= 11 is 0. The van der Waals surface area contributed by atoms with Crippen LogP contribution in [0.3, 0.4) is 0 Å². The molecule has 0 saturated heterocycles. The van der Waals surface area contributed by atoms with Crippen LogP contribution in [0.4, 0.5) is 0 Å². The highest BCUT2D eigenvalue weighted by molar-refractivity contribution is 5.71. The number of allylic oxidation sites excluding steroid dienone is 20. The first kappa shape index (κ1) is 60.8. The van der Waals surface area contributed by atoms with Gasteiger partial charge in [0.25, 0.3) is 0 Å². The molecule has 0 N–H and O–H groups in total. The number of ether oxygens (including phenoxy) is 3. The van der Waals surface area contributed by atoms with Crippen LogP contribution in [0.5, 0.6) is 0 Å². The van der Waals surface area contributed by atoms with Crippen molar-refractivity contribution < 1.29 is 28.6 Å². The molecule has 0 spiro atoms. The number of carbonyl (C=O) groups is 3. The first-order valence-corrected chi connectivity index (χ1v) is 26.0. The van der Waals surface area contributed by atoms with Gasteiger partial charge >= 0.3 is 17.9 Å². The molecule has 65 heavy (non-hydrogen) atoms. The molecule has 0 aliphatic rings. The van der Waals surface area contributed by atoms with E-state index in [-0.39, 0.29) is 44.0 Å². The van der Waals surface area contributed by atoms with Crippen LogP contribution >= 0.6 is 0 Å². The third-order valence-electron chi connectivity index (χ3n) is 10.4. The fourth-order valence-corrected chi connectivity index (χ4v) is 6.53. The van der Waals surface area contributed by atoms with Gasteiger partial charge in [-0.05, 0) is 116 Å². The van der Waals surface area contributed by atoms with Crippen molar-refractivity contribution in [3.8, 4) is 0 Å². The minimum Gasteiger partial charge on any atom is -0.462 e. The van der Waals surface area contributed by atoms with Crippen molar-refractivity contribution in [2.45, 2.75) is 219 Å².